The van der Waals surface area contributed by atoms with Crippen molar-refractivity contribution in [1.29, 1.82) is 0 Å². The Kier molecular flexibility index (Phi) is 3.96. The average molecular weight is 352 g/mol. The van der Waals surface area contributed by atoms with Gasteiger partial charge < -0.3 is 9.73 Å². The highest BCUT2D eigenvalue weighted by molar-refractivity contribution is 7.12. The molecule has 3 aromatic rings. The molecule has 0 atom stereocenters. The fraction of sp³-hybridized carbons (Fsp3) is 0.300. The van der Waals surface area contributed by atoms with Gasteiger partial charge in [0.15, 0.2) is 5.76 Å². The number of hydrogen-bond acceptors (Lipinski definition) is 4. The van der Waals surface area contributed by atoms with E-state index >= 15 is 0 Å². The summed E-state index contributed by atoms with van der Waals surface area (Å²) in [7, 11) is 0. The van der Waals surface area contributed by atoms with Gasteiger partial charge in [-0.25, -0.2) is 4.98 Å². The van der Waals surface area contributed by atoms with Crippen molar-refractivity contribution in [3.05, 3.63) is 62.4 Å². The molecular weight excluding hydrogens is 332 g/mol. The van der Waals surface area contributed by atoms with Gasteiger partial charge in [-0.1, -0.05) is 24.3 Å². The molecule has 1 aliphatic rings. The summed E-state index contributed by atoms with van der Waals surface area (Å²) >= 11 is 1.74. The molecule has 2 aromatic heterocycles. The van der Waals surface area contributed by atoms with Crippen LogP contribution in [0.1, 0.15) is 42.9 Å². The molecule has 1 aliphatic carbocycles. The molecule has 2 heterocycles. The Labute approximate surface area is 150 Å². The van der Waals surface area contributed by atoms with E-state index < -0.39 is 0 Å². The van der Waals surface area contributed by atoms with E-state index in [1.165, 1.54) is 10.4 Å². The molecule has 4 nitrogen and oxygen atoms in total. The number of carbonyl (C=O) groups excluding carboxylic acids is 1. The Morgan fingerprint density at radius 2 is 2.04 bits per heavy atom. The van der Waals surface area contributed by atoms with Gasteiger partial charge in [-0.15, -0.1) is 11.3 Å². The second-order valence-corrected chi connectivity index (χ2v) is 7.76. The minimum absolute atomic E-state index is 0.163. The first-order chi connectivity index (χ1) is 12.0. The van der Waals surface area contributed by atoms with E-state index in [1.54, 1.807) is 11.3 Å². The summed E-state index contributed by atoms with van der Waals surface area (Å²) in [6.07, 6.45) is 1.76. The predicted octanol–water partition coefficient (Wildman–Crippen LogP) is 4.36. The van der Waals surface area contributed by atoms with E-state index in [0.717, 1.165) is 46.0 Å². The molecule has 4 rings (SSSR count). The van der Waals surface area contributed by atoms with Crippen molar-refractivity contribution in [3.8, 4) is 11.3 Å². The zero-order valence-electron chi connectivity index (χ0n) is 14.6. The van der Waals surface area contributed by atoms with Gasteiger partial charge in [0.2, 0.25) is 0 Å². The minimum Gasteiger partial charge on any atom is -0.455 e. The fourth-order valence-corrected chi connectivity index (χ4v) is 4.34. The van der Waals surface area contributed by atoms with Gasteiger partial charge in [-0.3, -0.25) is 4.79 Å². The van der Waals surface area contributed by atoms with E-state index in [0.29, 0.717) is 12.3 Å². The lowest BCUT2D eigenvalue weighted by molar-refractivity contribution is 0.0920. The van der Waals surface area contributed by atoms with Gasteiger partial charge in [0.25, 0.3) is 5.91 Å². The number of hydrogen-bond donors (Lipinski definition) is 1. The van der Waals surface area contributed by atoms with Gasteiger partial charge in [-0.2, -0.15) is 0 Å². The normalized spacial score (nSPS) is 12.6. The SMILES string of the molecule is Cc1nc2c(s1)CCc1oc(C(=O)NCc3ccccc3C)c(C)c1-2. The monoisotopic (exact) mass is 352 g/mol. The number of aryl methyl sites for hydroxylation is 4. The molecule has 0 saturated heterocycles. The molecule has 1 amide bonds. The molecule has 1 N–H and O–H groups in total. The highest BCUT2D eigenvalue weighted by atomic mass is 32.1. The molecule has 5 heteroatoms. The summed E-state index contributed by atoms with van der Waals surface area (Å²) in [6.45, 7) is 6.52. The van der Waals surface area contributed by atoms with E-state index in [4.69, 9.17) is 4.42 Å². The molecule has 0 radical (unpaired) electrons. The average Bonchev–Trinajstić information content (AvgIpc) is 3.13. The maximum Gasteiger partial charge on any atom is 0.287 e. The number of rotatable bonds is 3. The minimum atomic E-state index is -0.163. The third kappa shape index (κ3) is 2.78. The first-order valence-electron chi connectivity index (χ1n) is 8.46. The molecular formula is C20H20N2O2S. The van der Waals surface area contributed by atoms with Crippen molar-refractivity contribution in [1.82, 2.24) is 10.3 Å². The Morgan fingerprint density at radius 1 is 1.24 bits per heavy atom. The van der Waals surface area contributed by atoms with Crippen LogP contribution in [-0.2, 0) is 19.4 Å². The molecule has 0 fully saturated rings. The van der Waals surface area contributed by atoms with Gasteiger partial charge >= 0.3 is 0 Å². The number of furan rings is 1. The molecule has 0 unspecified atom stereocenters. The second kappa shape index (κ2) is 6.15. The number of carbonyl (C=O) groups is 1. The Bertz CT molecular complexity index is 968. The zero-order valence-corrected chi connectivity index (χ0v) is 15.4. The van der Waals surface area contributed by atoms with Crippen LogP contribution < -0.4 is 5.32 Å². The van der Waals surface area contributed by atoms with Crippen LogP contribution in [0.4, 0.5) is 0 Å². The topological polar surface area (TPSA) is 55.1 Å². The lowest BCUT2D eigenvalue weighted by atomic mass is 9.97. The lowest BCUT2D eigenvalue weighted by Gasteiger charge is -2.09. The molecule has 0 aliphatic heterocycles. The summed E-state index contributed by atoms with van der Waals surface area (Å²) in [5.74, 6) is 1.14. The third-order valence-corrected chi connectivity index (χ3v) is 5.78. The van der Waals surface area contributed by atoms with E-state index in [9.17, 15) is 4.79 Å². The maximum atomic E-state index is 12.7. The third-order valence-electron chi connectivity index (χ3n) is 4.75. The highest BCUT2D eigenvalue weighted by Crippen LogP contribution is 2.40. The van der Waals surface area contributed by atoms with E-state index in [2.05, 4.69) is 10.3 Å². The van der Waals surface area contributed by atoms with Gasteiger partial charge in [0, 0.05) is 29.0 Å². The molecule has 0 saturated carbocycles. The number of fused-ring (bicyclic) bond motifs is 3. The van der Waals surface area contributed by atoms with Crippen molar-refractivity contribution in [2.24, 2.45) is 0 Å². The summed E-state index contributed by atoms with van der Waals surface area (Å²) in [6, 6.07) is 8.06. The number of aromatic nitrogens is 1. The summed E-state index contributed by atoms with van der Waals surface area (Å²) in [5, 5.41) is 4.04. The van der Waals surface area contributed by atoms with Gasteiger partial charge in [-0.05, 0) is 38.3 Å². The van der Waals surface area contributed by atoms with Crippen LogP contribution in [0.15, 0.2) is 28.7 Å². The van der Waals surface area contributed by atoms with Gasteiger partial charge in [0.05, 0.1) is 10.7 Å². The predicted molar refractivity (Wildman–Crippen MR) is 99.0 cm³/mol. The van der Waals surface area contributed by atoms with Crippen molar-refractivity contribution in [2.75, 3.05) is 0 Å². The van der Waals surface area contributed by atoms with Crippen molar-refractivity contribution in [2.45, 2.75) is 40.2 Å². The van der Waals surface area contributed by atoms with Crippen LogP contribution in [-0.4, -0.2) is 10.9 Å². The molecule has 0 spiro atoms. The smallest absolute Gasteiger partial charge is 0.287 e. The zero-order chi connectivity index (χ0) is 17.6. The largest absolute Gasteiger partial charge is 0.455 e. The summed E-state index contributed by atoms with van der Waals surface area (Å²) in [4.78, 5) is 18.6. The van der Waals surface area contributed by atoms with E-state index in [1.807, 2.05) is 45.0 Å². The first-order valence-corrected chi connectivity index (χ1v) is 9.28. The van der Waals surface area contributed by atoms with Crippen LogP contribution in [0, 0.1) is 20.8 Å². The van der Waals surface area contributed by atoms with Crippen LogP contribution >= 0.6 is 11.3 Å². The quantitative estimate of drug-likeness (QED) is 0.762. The second-order valence-electron chi connectivity index (χ2n) is 6.47. The number of nitrogens with zero attached hydrogens (tertiary/aromatic N) is 1. The number of amides is 1. The van der Waals surface area contributed by atoms with Crippen molar-refractivity contribution < 1.29 is 9.21 Å². The first kappa shape index (κ1) is 16.1. The van der Waals surface area contributed by atoms with Crippen LogP contribution in [0.2, 0.25) is 0 Å². The molecule has 128 valence electrons. The number of benzene rings is 1. The fourth-order valence-electron chi connectivity index (χ4n) is 3.40. The molecule has 0 bridgehead atoms. The van der Waals surface area contributed by atoms with Crippen LogP contribution in [0.3, 0.4) is 0 Å². The molecule has 25 heavy (non-hydrogen) atoms. The van der Waals surface area contributed by atoms with Crippen LogP contribution in [0.25, 0.3) is 11.3 Å². The van der Waals surface area contributed by atoms with Gasteiger partial charge in [0.1, 0.15) is 5.76 Å². The Balaban J connectivity index is 1.61. The highest BCUT2D eigenvalue weighted by Gasteiger charge is 2.29. The maximum absolute atomic E-state index is 12.7. The van der Waals surface area contributed by atoms with E-state index in [-0.39, 0.29) is 5.91 Å². The van der Waals surface area contributed by atoms with Crippen molar-refractivity contribution >= 4 is 17.2 Å². The number of nitrogens with one attached hydrogen (secondary N) is 1. The Hall–Kier alpha value is -2.40. The standard InChI is InChI=1S/C20H20N2O2S/c1-11-6-4-5-7-14(11)10-21-20(23)19-12(2)17-15(24-19)8-9-16-18(17)22-13(3)25-16/h4-7H,8-10H2,1-3H3,(H,21,23). The lowest BCUT2D eigenvalue weighted by Crippen LogP contribution is -2.23. The summed E-state index contributed by atoms with van der Waals surface area (Å²) in [5.41, 5.74) is 5.20. The Morgan fingerprint density at radius 3 is 2.84 bits per heavy atom. The molecule has 1 aromatic carbocycles. The number of thiazole rings is 1. The van der Waals surface area contributed by atoms with Crippen molar-refractivity contribution in [3.63, 3.8) is 0 Å². The van der Waals surface area contributed by atoms with Crippen LogP contribution in [0.5, 0.6) is 0 Å². The summed E-state index contributed by atoms with van der Waals surface area (Å²) < 4.78 is 5.94.